The maximum Gasteiger partial charge on any atom is 0.316 e. The molecule has 3 aromatic rings. The van der Waals surface area contributed by atoms with Crippen LogP contribution in [0.1, 0.15) is 30.5 Å². The van der Waals surface area contributed by atoms with E-state index in [-0.39, 0.29) is 45.8 Å². The van der Waals surface area contributed by atoms with Gasteiger partial charge in [-0.25, -0.2) is 18.2 Å². The predicted molar refractivity (Wildman–Crippen MR) is 146 cm³/mol. The Hall–Kier alpha value is -4.47. The first-order valence-corrected chi connectivity index (χ1v) is 14.3. The van der Waals surface area contributed by atoms with Gasteiger partial charge in [0.2, 0.25) is 5.88 Å². The van der Waals surface area contributed by atoms with E-state index in [0.29, 0.717) is 17.4 Å². The fourth-order valence-corrected chi connectivity index (χ4v) is 6.57. The molecule has 12 heteroatoms. The number of likely N-dealkylation sites (N-methyl/N-ethyl adjacent to an activating group) is 1. The Morgan fingerprint density at radius 1 is 1.12 bits per heavy atom. The number of aromatic nitrogens is 1. The topological polar surface area (TPSA) is 145 Å². The molecule has 1 fully saturated rings. The number of nitrogens with zero attached hydrogens (tertiary/aromatic N) is 4. The lowest BCUT2D eigenvalue weighted by Crippen LogP contribution is -2.63. The zero-order chi connectivity index (χ0) is 28.5. The molecule has 1 saturated heterocycles. The molecule has 3 heterocycles. The van der Waals surface area contributed by atoms with Crippen LogP contribution in [-0.2, 0) is 20.4 Å². The first-order valence-electron chi connectivity index (χ1n) is 12.8. The Morgan fingerprint density at radius 2 is 1.88 bits per heavy atom. The van der Waals surface area contributed by atoms with Gasteiger partial charge in [-0.3, -0.25) is 9.69 Å². The number of anilines is 1. The van der Waals surface area contributed by atoms with Gasteiger partial charge < -0.3 is 15.4 Å². The van der Waals surface area contributed by atoms with Crippen molar-refractivity contribution in [2.45, 2.75) is 30.3 Å². The van der Waals surface area contributed by atoms with Gasteiger partial charge in [0.05, 0.1) is 40.4 Å². The number of amides is 3. The molecule has 2 N–H and O–H groups in total. The van der Waals surface area contributed by atoms with Crippen LogP contribution in [-0.4, -0.2) is 62.5 Å². The molecule has 0 bridgehead atoms. The SMILES string of the molecule is CCOc1ncccc1C1(NC(=O)NC2CN(CC)C2)C(=O)N(S(=O)(=O)c2ccccc2)c2ccc(C#N)cc21. The Labute approximate surface area is 232 Å². The summed E-state index contributed by atoms with van der Waals surface area (Å²) in [5.74, 6) is -0.902. The number of fused-ring (bicyclic) bond motifs is 1. The largest absolute Gasteiger partial charge is 0.478 e. The third kappa shape index (κ3) is 4.43. The number of benzene rings is 2. The van der Waals surface area contributed by atoms with Gasteiger partial charge in [0.25, 0.3) is 15.9 Å². The van der Waals surface area contributed by atoms with Crippen molar-refractivity contribution in [3.8, 4) is 11.9 Å². The fourth-order valence-electron chi connectivity index (χ4n) is 5.08. The minimum absolute atomic E-state index is 0.0141. The highest BCUT2D eigenvalue weighted by atomic mass is 32.2. The van der Waals surface area contributed by atoms with Gasteiger partial charge in [0.1, 0.15) is 0 Å². The molecule has 0 spiro atoms. The molecule has 0 radical (unpaired) electrons. The molecule has 3 amide bonds. The number of carbonyl (C=O) groups is 2. The molecule has 2 aliphatic heterocycles. The smallest absolute Gasteiger partial charge is 0.316 e. The molecule has 0 saturated carbocycles. The van der Waals surface area contributed by atoms with E-state index in [1.54, 1.807) is 37.3 Å². The fraction of sp³-hybridized carbons (Fsp3) is 0.286. The number of pyridine rings is 1. The quantitative estimate of drug-likeness (QED) is 0.427. The second kappa shape index (κ2) is 10.6. The van der Waals surface area contributed by atoms with Crippen molar-refractivity contribution in [3.05, 3.63) is 83.6 Å². The van der Waals surface area contributed by atoms with Gasteiger partial charge in [-0.1, -0.05) is 25.1 Å². The van der Waals surface area contributed by atoms with Crippen LogP contribution in [0.3, 0.4) is 0 Å². The van der Waals surface area contributed by atoms with Crippen molar-refractivity contribution >= 4 is 27.6 Å². The van der Waals surface area contributed by atoms with E-state index in [2.05, 4.69) is 20.5 Å². The highest BCUT2D eigenvalue weighted by molar-refractivity contribution is 7.93. The predicted octanol–water partition coefficient (Wildman–Crippen LogP) is 2.33. The number of nitrogens with one attached hydrogen (secondary N) is 2. The first-order chi connectivity index (χ1) is 19.3. The molecule has 0 aliphatic carbocycles. The highest BCUT2D eigenvalue weighted by Crippen LogP contribution is 2.49. The number of carbonyl (C=O) groups excluding carboxylic acids is 2. The Morgan fingerprint density at radius 3 is 2.55 bits per heavy atom. The number of sulfonamides is 1. The standard InChI is InChI=1S/C28H28N6O5S/c1-3-33-17-20(18-33)31-27(36)32-28(22-11-8-14-30-25(22)39-4-2)23-15-19(16-29)12-13-24(23)34(26(28)35)40(37,38)21-9-6-5-7-10-21/h5-15,20H,3-4,17-18H2,1-2H3,(H2,31,32,36). The summed E-state index contributed by atoms with van der Waals surface area (Å²) >= 11 is 0. The minimum atomic E-state index is -4.43. The van der Waals surface area contributed by atoms with Crippen LogP contribution in [0.25, 0.3) is 0 Å². The molecule has 1 unspecified atom stereocenters. The van der Waals surface area contributed by atoms with E-state index >= 15 is 0 Å². The summed E-state index contributed by atoms with van der Waals surface area (Å²) in [4.78, 5) is 34.4. The average molecular weight is 561 g/mol. The third-order valence-corrected chi connectivity index (χ3v) is 8.74. The number of urea groups is 1. The van der Waals surface area contributed by atoms with Gasteiger partial charge in [-0.05, 0) is 55.9 Å². The van der Waals surface area contributed by atoms with Crippen LogP contribution in [0.4, 0.5) is 10.5 Å². The van der Waals surface area contributed by atoms with Crippen LogP contribution >= 0.6 is 0 Å². The lowest BCUT2D eigenvalue weighted by molar-refractivity contribution is -0.121. The van der Waals surface area contributed by atoms with Crippen molar-refractivity contribution in [2.24, 2.45) is 0 Å². The van der Waals surface area contributed by atoms with E-state index in [1.165, 1.54) is 36.5 Å². The number of ether oxygens (including phenoxy) is 1. The summed E-state index contributed by atoms with van der Waals surface area (Å²) < 4.78 is 34.3. The van der Waals surface area contributed by atoms with E-state index in [1.807, 2.05) is 13.0 Å². The second-order valence-electron chi connectivity index (χ2n) is 9.42. The maximum atomic E-state index is 14.6. The number of hydrogen-bond donors (Lipinski definition) is 2. The third-order valence-electron chi connectivity index (χ3n) is 7.03. The van der Waals surface area contributed by atoms with Crippen LogP contribution in [0.15, 0.2) is 71.8 Å². The van der Waals surface area contributed by atoms with Crippen molar-refractivity contribution in [1.82, 2.24) is 20.5 Å². The normalized spacial score (nSPS) is 18.9. The number of likely N-dealkylation sites (tertiary alicyclic amines) is 1. The van der Waals surface area contributed by atoms with E-state index in [0.717, 1.165) is 6.54 Å². The lowest BCUT2D eigenvalue weighted by atomic mass is 9.83. The van der Waals surface area contributed by atoms with Gasteiger partial charge in [-0.2, -0.15) is 9.57 Å². The highest BCUT2D eigenvalue weighted by Gasteiger charge is 2.58. The summed E-state index contributed by atoms with van der Waals surface area (Å²) in [6.45, 7) is 6.09. The van der Waals surface area contributed by atoms with Crippen LogP contribution in [0.5, 0.6) is 5.88 Å². The zero-order valence-corrected chi connectivity index (χ0v) is 22.8. The summed E-state index contributed by atoms with van der Waals surface area (Å²) in [5, 5.41) is 15.4. The lowest BCUT2D eigenvalue weighted by Gasteiger charge is -2.39. The molecule has 40 heavy (non-hydrogen) atoms. The first kappa shape index (κ1) is 27.1. The van der Waals surface area contributed by atoms with E-state index in [4.69, 9.17) is 4.74 Å². The summed E-state index contributed by atoms with van der Waals surface area (Å²) in [5.41, 5.74) is -1.62. The summed E-state index contributed by atoms with van der Waals surface area (Å²) in [6.07, 6.45) is 1.47. The van der Waals surface area contributed by atoms with Gasteiger partial charge >= 0.3 is 6.03 Å². The van der Waals surface area contributed by atoms with Crippen molar-refractivity contribution < 1.29 is 22.7 Å². The number of hydrogen-bond acceptors (Lipinski definition) is 8. The number of nitriles is 1. The average Bonchev–Trinajstić information content (AvgIpc) is 3.19. The molecule has 2 aromatic carbocycles. The van der Waals surface area contributed by atoms with Crippen molar-refractivity contribution in [2.75, 3.05) is 30.5 Å². The molecule has 1 aromatic heterocycles. The second-order valence-corrected chi connectivity index (χ2v) is 11.2. The van der Waals surface area contributed by atoms with Crippen LogP contribution in [0, 0.1) is 11.3 Å². The molecule has 5 rings (SSSR count). The zero-order valence-electron chi connectivity index (χ0n) is 22.0. The minimum Gasteiger partial charge on any atom is -0.478 e. The molecular weight excluding hydrogens is 532 g/mol. The Kier molecular flexibility index (Phi) is 7.18. The Balaban J connectivity index is 1.71. The molecule has 1 atom stereocenters. The van der Waals surface area contributed by atoms with Gasteiger partial charge in [0, 0.05) is 24.8 Å². The van der Waals surface area contributed by atoms with Crippen LogP contribution in [0.2, 0.25) is 0 Å². The molecular formula is C28H28N6O5S. The summed E-state index contributed by atoms with van der Waals surface area (Å²) in [7, 11) is -4.43. The van der Waals surface area contributed by atoms with E-state index in [9.17, 15) is 23.3 Å². The molecule has 2 aliphatic rings. The van der Waals surface area contributed by atoms with Gasteiger partial charge in [-0.15, -0.1) is 0 Å². The Bertz CT molecular complexity index is 1600. The molecule has 11 nitrogen and oxygen atoms in total. The number of rotatable bonds is 8. The van der Waals surface area contributed by atoms with Gasteiger partial charge in [0.15, 0.2) is 5.54 Å². The van der Waals surface area contributed by atoms with Crippen molar-refractivity contribution in [3.63, 3.8) is 0 Å². The van der Waals surface area contributed by atoms with Crippen LogP contribution < -0.4 is 19.7 Å². The van der Waals surface area contributed by atoms with E-state index < -0.39 is 27.5 Å². The molecule has 206 valence electrons. The monoisotopic (exact) mass is 560 g/mol. The maximum absolute atomic E-state index is 14.6. The summed E-state index contributed by atoms with van der Waals surface area (Å²) in [6, 6.07) is 16.1. The van der Waals surface area contributed by atoms with Crippen molar-refractivity contribution in [1.29, 1.82) is 5.26 Å².